The third-order valence-electron chi connectivity index (χ3n) is 5.11. The van der Waals surface area contributed by atoms with Crippen molar-refractivity contribution in [3.63, 3.8) is 0 Å². The van der Waals surface area contributed by atoms with Gasteiger partial charge in [-0.25, -0.2) is 4.98 Å². The lowest BCUT2D eigenvalue weighted by atomic mass is 9.85. The highest BCUT2D eigenvalue weighted by Crippen LogP contribution is 2.36. The highest BCUT2D eigenvalue weighted by Gasteiger charge is 2.52. The second-order valence-corrected chi connectivity index (χ2v) is 7.13. The van der Waals surface area contributed by atoms with Gasteiger partial charge in [0.2, 0.25) is 0 Å². The summed E-state index contributed by atoms with van der Waals surface area (Å²) in [6.07, 6.45) is 10.6. The Hall–Kier alpha value is -0.805. The molecule has 110 valence electrons. The van der Waals surface area contributed by atoms with Crippen LogP contribution < -0.4 is 5.59 Å². The summed E-state index contributed by atoms with van der Waals surface area (Å²) < 4.78 is 14.4. The van der Waals surface area contributed by atoms with E-state index in [1.54, 1.807) is 0 Å². The molecule has 1 aliphatic carbocycles. The second-order valence-electron chi connectivity index (χ2n) is 7.13. The number of imidazole rings is 1. The molecule has 4 nitrogen and oxygen atoms in total. The molecule has 2 heterocycles. The number of hydrogen-bond donors (Lipinski definition) is 0. The van der Waals surface area contributed by atoms with Crippen molar-refractivity contribution in [3.8, 4) is 0 Å². The maximum Gasteiger partial charge on any atom is 0.516 e. The quantitative estimate of drug-likeness (QED) is 0.779. The molecule has 1 aliphatic heterocycles. The summed E-state index contributed by atoms with van der Waals surface area (Å²) in [6, 6.07) is 0.604. The molecule has 1 saturated heterocycles. The second kappa shape index (κ2) is 4.88. The van der Waals surface area contributed by atoms with Gasteiger partial charge in [0.25, 0.3) is 0 Å². The molecule has 1 aromatic heterocycles. The molecule has 3 rings (SSSR count). The fourth-order valence-electron chi connectivity index (χ4n) is 3.02. The van der Waals surface area contributed by atoms with E-state index in [0.29, 0.717) is 6.04 Å². The third kappa shape index (κ3) is 2.42. The van der Waals surface area contributed by atoms with Crippen molar-refractivity contribution in [2.75, 3.05) is 0 Å². The van der Waals surface area contributed by atoms with Crippen LogP contribution in [0.2, 0.25) is 0 Å². The first-order chi connectivity index (χ1) is 9.39. The summed E-state index contributed by atoms with van der Waals surface area (Å²) in [4.78, 5) is 4.52. The maximum absolute atomic E-state index is 6.05. The van der Waals surface area contributed by atoms with Gasteiger partial charge in [-0.15, -0.1) is 0 Å². The Morgan fingerprint density at radius 2 is 1.70 bits per heavy atom. The minimum absolute atomic E-state index is 0.299. The van der Waals surface area contributed by atoms with Crippen LogP contribution in [0, 0.1) is 0 Å². The molecule has 20 heavy (non-hydrogen) atoms. The summed E-state index contributed by atoms with van der Waals surface area (Å²) in [7, 11) is -0.343. The van der Waals surface area contributed by atoms with E-state index in [1.807, 2.05) is 6.33 Å². The van der Waals surface area contributed by atoms with Gasteiger partial charge >= 0.3 is 7.12 Å². The van der Waals surface area contributed by atoms with E-state index >= 15 is 0 Å². The van der Waals surface area contributed by atoms with Crippen LogP contribution in [-0.2, 0) is 9.31 Å². The van der Waals surface area contributed by atoms with E-state index < -0.39 is 0 Å². The zero-order valence-electron chi connectivity index (χ0n) is 13.1. The molecule has 5 heteroatoms. The van der Waals surface area contributed by atoms with Crippen molar-refractivity contribution in [2.24, 2.45) is 0 Å². The minimum Gasteiger partial charge on any atom is -0.398 e. The Bertz CT molecular complexity index is 462. The Morgan fingerprint density at radius 3 is 2.30 bits per heavy atom. The highest BCUT2D eigenvalue weighted by atomic mass is 16.7. The van der Waals surface area contributed by atoms with Crippen LogP contribution in [0.15, 0.2) is 12.5 Å². The van der Waals surface area contributed by atoms with Gasteiger partial charge in [-0.1, -0.05) is 19.3 Å². The fourth-order valence-corrected chi connectivity index (χ4v) is 3.02. The number of aromatic nitrogens is 2. The summed E-state index contributed by atoms with van der Waals surface area (Å²) in [5, 5.41) is 0. The number of rotatable bonds is 2. The van der Waals surface area contributed by atoms with Crippen molar-refractivity contribution in [3.05, 3.63) is 12.5 Å². The normalized spacial score (nSPS) is 26.1. The summed E-state index contributed by atoms with van der Waals surface area (Å²) in [6.45, 7) is 8.30. The molecule has 0 unspecified atom stereocenters. The Morgan fingerprint density at radius 1 is 1.10 bits per heavy atom. The van der Waals surface area contributed by atoms with Crippen LogP contribution in [0.3, 0.4) is 0 Å². The van der Waals surface area contributed by atoms with Gasteiger partial charge in [0.05, 0.1) is 23.1 Å². The zero-order chi connectivity index (χ0) is 14.4. The Labute approximate surface area is 122 Å². The lowest BCUT2D eigenvalue weighted by Gasteiger charge is -2.32. The molecule has 0 bridgehead atoms. The predicted octanol–water partition coefficient (Wildman–Crippen LogP) is 2.69. The molecule has 0 amide bonds. The van der Waals surface area contributed by atoms with Crippen LogP contribution in [0.25, 0.3) is 0 Å². The number of hydrogen-bond acceptors (Lipinski definition) is 3. The van der Waals surface area contributed by atoms with Gasteiger partial charge in [-0.3, -0.25) is 0 Å². The van der Waals surface area contributed by atoms with E-state index in [-0.39, 0.29) is 18.3 Å². The average Bonchev–Trinajstić information content (AvgIpc) is 2.94. The van der Waals surface area contributed by atoms with Gasteiger partial charge in [-0.2, -0.15) is 0 Å². The molecule has 2 aliphatic rings. The first-order valence-electron chi connectivity index (χ1n) is 7.78. The Kier molecular flexibility index (Phi) is 3.45. The molecular formula is C15H25BN2O2. The smallest absolute Gasteiger partial charge is 0.398 e. The predicted molar refractivity (Wildman–Crippen MR) is 80.1 cm³/mol. The lowest BCUT2D eigenvalue weighted by molar-refractivity contribution is 0.00578. The minimum atomic E-state index is -0.343. The zero-order valence-corrected chi connectivity index (χ0v) is 13.1. The van der Waals surface area contributed by atoms with E-state index in [2.05, 4.69) is 43.4 Å². The van der Waals surface area contributed by atoms with E-state index in [9.17, 15) is 0 Å². The van der Waals surface area contributed by atoms with E-state index in [1.165, 1.54) is 32.1 Å². The SMILES string of the molecule is CC1(C)OB(c2cn(C3CCCCC3)cn2)OC1(C)C. The Balaban J connectivity index is 1.74. The molecule has 2 fully saturated rings. The molecule has 0 atom stereocenters. The molecule has 0 N–H and O–H groups in total. The fraction of sp³-hybridized carbons (Fsp3) is 0.800. The van der Waals surface area contributed by atoms with Crippen molar-refractivity contribution in [1.82, 2.24) is 9.55 Å². The van der Waals surface area contributed by atoms with Crippen LogP contribution in [0.4, 0.5) is 0 Å². The standard InChI is InChI=1S/C15H25BN2O2/c1-14(2)15(3,4)20-16(19-14)13-10-18(11-17-13)12-8-6-5-7-9-12/h10-12H,5-9H2,1-4H3. The van der Waals surface area contributed by atoms with Crippen molar-refractivity contribution >= 4 is 12.7 Å². The summed E-state index contributed by atoms with van der Waals surface area (Å²) >= 11 is 0. The first kappa shape index (κ1) is 14.1. The monoisotopic (exact) mass is 276 g/mol. The van der Waals surface area contributed by atoms with Gasteiger partial charge < -0.3 is 13.9 Å². The highest BCUT2D eigenvalue weighted by molar-refractivity contribution is 6.61. The molecule has 0 radical (unpaired) electrons. The van der Waals surface area contributed by atoms with Gasteiger partial charge in [0, 0.05) is 12.2 Å². The number of nitrogens with zero attached hydrogens (tertiary/aromatic N) is 2. The molecule has 0 spiro atoms. The van der Waals surface area contributed by atoms with Gasteiger partial charge in [-0.05, 0) is 40.5 Å². The molecule has 0 aromatic carbocycles. The topological polar surface area (TPSA) is 36.3 Å². The van der Waals surface area contributed by atoms with Gasteiger partial charge in [0.1, 0.15) is 0 Å². The van der Waals surface area contributed by atoms with Crippen LogP contribution in [0.1, 0.15) is 65.8 Å². The van der Waals surface area contributed by atoms with Crippen LogP contribution in [0.5, 0.6) is 0 Å². The first-order valence-corrected chi connectivity index (χ1v) is 7.78. The maximum atomic E-state index is 6.05. The molecule has 1 saturated carbocycles. The van der Waals surface area contributed by atoms with E-state index in [4.69, 9.17) is 9.31 Å². The molecular weight excluding hydrogens is 251 g/mol. The van der Waals surface area contributed by atoms with Crippen LogP contribution in [-0.4, -0.2) is 27.9 Å². The summed E-state index contributed by atoms with van der Waals surface area (Å²) in [5.74, 6) is 0. The molecule has 1 aromatic rings. The lowest BCUT2D eigenvalue weighted by Crippen LogP contribution is -2.41. The van der Waals surface area contributed by atoms with Crippen molar-refractivity contribution in [1.29, 1.82) is 0 Å². The van der Waals surface area contributed by atoms with Crippen LogP contribution >= 0.6 is 0 Å². The summed E-state index contributed by atoms with van der Waals surface area (Å²) in [5.41, 5.74) is 0.299. The van der Waals surface area contributed by atoms with Gasteiger partial charge in [0.15, 0.2) is 0 Å². The third-order valence-corrected chi connectivity index (χ3v) is 5.11. The van der Waals surface area contributed by atoms with E-state index in [0.717, 1.165) is 5.59 Å². The van der Waals surface area contributed by atoms with Crippen molar-refractivity contribution in [2.45, 2.75) is 77.0 Å². The van der Waals surface area contributed by atoms with Crippen molar-refractivity contribution < 1.29 is 9.31 Å². The average molecular weight is 276 g/mol. The largest absolute Gasteiger partial charge is 0.516 e.